The Bertz CT molecular complexity index is 554. The summed E-state index contributed by atoms with van der Waals surface area (Å²) in [6.45, 7) is 2.20. The number of allylic oxidation sites excluding steroid dienone is 2. The highest BCUT2D eigenvalue weighted by Gasteiger charge is 2.24. The number of aromatic nitrogens is 2. The van der Waals surface area contributed by atoms with Crippen LogP contribution in [0.25, 0.3) is 5.57 Å². The number of hydrogen-bond acceptors (Lipinski definition) is 4. The molecule has 4 heteroatoms. The number of anilines is 1. The maximum atomic E-state index is 4.79. The van der Waals surface area contributed by atoms with Gasteiger partial charge in [-0.1, -0.05) is 19.3 Å². The van der Waals surface area contributed by atoms with Gasteiger partial charge in [0.15, 0.2) is 0 Å². The number of rotatable bonds is 6. The smallest absolute Gasteiger partial charge is 0.223 e. The van der Waals surface area contributed by atoms with Crippen LogP contribution in [0.1, 0.15) is 64.0 Å². The quantitative estimate of drug-likeness (QED) is 0.849. The molecule has 1 N–H and O–H groups in total. The van der Waals surface area contributed by atoms with Crippen LogP contribution < -0.4 is 5.32 Å². The van der Waals surface area contributed by atoms with Crippen LogP contribution in [0.5, 0.6) is 0 Å². The average molecular weight is 314 g/mol. The van der Waals surface area contributed by atoms with Crippen LogP contribution in [-0.4, -0.2) is 35.0 Å². The Morgan fingerprint density at radius 1 is 1.17 bits per heavy atom. The third-order valence-corrected chi connectivity index (χ3v) is 5.13. The second-order valence-electron chi connectivity index (χ2n) is 7.36. The Hall–Kier alpha value is -1.58. The van der Waals surface area contributed by atoms with Crippen molar-refractivity contribution >= 4 is 11.5 Å². The van der Waals surface area contributed by atoms with Gasteiger partial charge in [0.05, 0.1) is 5.69 Å². The van der Waals surface area contributed by atoms with E-state index in [2.05, 4.69) is 36.2 Å². The molecule has 0 spiro atoms. The van der Waals surface area contributed by atoms with E-state index in [0.29, 0.717) is 6.04 Å². The maximum Gasteiger partial charge on any atom is 0.223 e. The van der Waals surface area contributed by atoms with Crippen molar-refractivity contribution in [3.63, 3.8) is 0 Å². The van der Waals surface area contributed by atoms with Gasteiger partial charge in [0.2, 0.25) is 5.95 Å². The first-order valence-electron chi connectivity index (χ1n) is 9.10. The summed E-state index contributed by atoms with van der Waals surface area (Å²) in [5, 5.41) is 3.54. The molecular weight excluding hydrogens is 284 g/mol. The van der Waals surface area contributed by atoms with E-state index in [1.165, 1.54) is 62.6 Å². The predicted octanol–water partition coefficient (Wildman–Crippen LogP) is 4.31. The van der Waals surface area contributed by atoms with E-state index >= 15 is 0 Å². The topological polar surface area (TPSA) is 41.1 Å². The van der Waals surface area contributed by atoms with Crippen LogP contribution in [0, 0.1) is 5.92 Å². The fourth-order valence-corrected chi connectivity index (χ4v) is 3.48. The predicted molar refractivity (Wildman–Crippen MR) is 96.1 cm³/mol. The van der Waals surface area contributed by atoms with E-state index in [4.69, 9.17) is 4.98 Å². The molecule has 0 bridgehead atoms. The van der Waals surface area contributed by atoms with E-state index in [1.54, 1.807) is 0 Å². The van der Waals surface area contributed by atoms with Crippen molar-refractivity contribution in [3.8, 4) is 0 Å². The highest BCUT2D eigenvalue weighted by molar-refractivity contribution is 5.64. The standard InChI is InChI=1S/C19H30N4/c1-14(18(23(2)3)13-15-9-10-15)17-11-12-20-19(22-17)21-16-7-5-4-6-8-16/h11-12,15-16H,4-10,13H2,1-3H3,(H,20,21,22)/b18-14+. The van der Waals surface area contributed by atoms with E-state index in [9.17, 15) is 0 Å². The van der Waals surface area contributed by atoms with E-state index < -0.39 is 0 Å². The Morgan fingerprint density at radius 2 is 1.91 bits per heavy atom. The van der Waals surface area contributed by atoms with Gasteiger partial charge in [-0.25, -0.2) is 9.97 Å². The summed E-state index contributed by atoms with van der Waals surface area (Å²) in [6, 6.07) is 2.58. The molecule has 1 aromatic rings. The van der Waals surface area contributed by atoms with E-state index in [-0.39, 0.29) is 0 Å². The van der Waals surface area contributed by atoms with Gasteiger partial charge in [-0.2, -0.15) is 0 Å². The first kappa shape index (κ1) is 16.3. The van der Waals surface area contributed by atoms with Crippen molar-refractivity contribution in [3.05, 3.63) is 23.7 Å². The van der Waals surface area contributed by atoms with Crippen LogP contribution in [-0.2, 0) is 0 Å². The summed E-state index contributed by atoms with van der Waals surface area (Å²) in [7, 11) is 4.28. The van der Waals surface area contributed by atoms with Crippen LogP contribution in [0.15, 0.2) is 18.0 Å². The molecule has 3 rings (SSSR count). The number of nitrogens with zero attached hydrogens (tertiary/aromatic N) is 3. The highest BCUT2D eigenvalue weighted by Crippen LogP contribution is 2.37. The Kier molecular flexibility index (Phi) is 5.19. The van der Waals surface area contributed by atoms with Crippen molar-refractivity contribution < 1.29 is 0 Å². The van der Waals surface area contributed by atoms with Crippen LogP contribution in [0.4, 0.5) is 5.95 Å². The molecule has 0 atom stereocenters. The van der Waals surface area contributed by atoms with Crippen molar-refractivity contribution in [1.29, 1.82) is 0 Å². The third-order valence-electron chi connectivity index (χ3n) is 5.13. The second kappa shape index (κ2) is 7.33. The molecule has 2 aliphatic carbocycles. The van der Waals surface area contributed by atoms with Gasteiger partial charge in [-0.3, -0.25) is 0 Å². The minimum absolute atomic E-state index is 0.545. The molecule has 0 aromatic carbocycles. The number of hydrogen-bond donors (Lipinski definition) is 1. The van der Waals surface area contributed by atoms with Gasteiger partial charge in [-0.05, 0) is 56.6 Å². The summed E-state index contributed by atoms with van der Waals surface area (Å²) in [5.41, 5.74) is 3.76. The molecule has 0 radical (unpaired) electrons. The van der Waals surface area contributed by atoms with Gasteiger partial charge in [0.25, 0.3) is 0 Å². The molecule has 4 nitrogen and oxygen atoms in total. The van der Waals surface area contributed by atoms with Crippen molar-refractivity contribution in [1.82, 2.24) is 14.9 Å². The Balaban J connectivity index is 1.76. The lowest BCUT2D eigenvalue weighted by Gasteiger charge is -2.23. The second-order valence-corrected chi connectivity index (χ2v) is 7.36. The minimum atomic E-state index is 0.545. The molecular formula is C19H30N4. The Morgan fingerprint density at radius 3 is 2.57 bits per heavy atom. The molecule has 0 amide bonds. The van der Waals surface area contributed by atoms with Crippen LogP contribution in [0.3, 0.4) is 0 Å². The fourth-order valence-electron chi connectivity index (χ4n) is 3.48. The molecule has 2 fully saturated rings. The minimum Gasteiger partial charge on any atom is -0.381 e. The Labute approximate surface area is 140 Å². The van der Waals surface area contributed by atoms with Crippen LogP contribution >= 0.6 is 0 Å². The van der Waals surface area contributed by atoms with Gasteiger partial charge < -0.3 is 10.2 Å². The normalized spacial score (nSPS) is 20.1. The van der Waals surface area contributed by atoms with Crippen LogP contribution in [0.2, 0.25) is 0 Å². The molecule has 2 saturated carbocycles. The zero-order chi connectivity index (χ0) is 16.2. The third kappa shape index (κ3) is 4.46. The van der Waals surface area contributed by atoms with Crippen molar-refractivity contribution in [2.75, 3.05) is 19.4 Å². The zero-order valence-corrected chi connectivity index (χ0v) is 14.8. The summed E-state index contributed by atoms with van der Waals surface area (Å²) in [6.07, 6.45) is 12.3. The van der Waals surface area contributed by atoms with Gasteiger partial charge >= 0.3 is 0 Å². The largest absolute Gasteiger partial charge is 0.381 e. The summed E-state index contributed by atoms with van der Waals surface area (Å²) >= 11 is 0. The lowest BCUT2D eigenvalue weighted by atomic mass is 9.96. The average Bonchev–Trinajstić information content (AvgIpc) is 3.37. The molecule has 1 heterocycles. The molecule has 0 aliphatic heterocycles. The summed E-state index contributed by atoms with van der Waals surface area (Å²) in [4.78, 5) is 11.5. The van der Waals surface area contributed by atoms with Crippen molar-refractivity contribution in [2.24, 2.45) is 5.92 Å². The SMILES string of the molecule is C/C(=C(/CC1CC1)N(C)C)c1ccnc(NC2CCCCC2)n1. The van der Waals surface area contributed by atoms with Gasteiger partial charge in [-0.15, -0.1) is 0 Å². The van der Waals surface area contributed by atoms with Crippen molar-refractivity contribution in [2.45, 2.75) is 64.3 Å². The lowest BCUT2D eigenvalue weighted by molar-refractivity contribution is 0.460. The zero-order valence-electron chi connectivity index (χ0n) is 14.8. The lowest BCUT2D eigenvalue weighted by Crippen LogP contribution is -2.23. The summed E-state index contributed by atoms with van der Waals surface area (Å²) in [5.74, 6) is 1.67. The molecule has 2 aliphatic rings. The molecule has 0 unspecified atom stereocenters. The fraction of sp³-hybridized carbons (Fsp3) is 0.684. The monoisotopic (exact) mass is 314 g/mol. The van der Waals surface area contributed by atoms with E-state index in [1.807, 2.05) is 12.3 Å². The molecule has 1 aromatic heterocycles. The van der Waals surface area contributed by atoms with E-state index in [0.717, 1.165) is 17.6 Å². The highest BCUT2D eigenvalue weighted by atomic mass is 15.1. The van der Waals surface area contributed by atoms with Gasteiger partial charge in [0.1, 0.15) is 0 Å². The first-order chi connectivity index (χ1) is 11.1. The number of nitrogens with one attached hydrogen (secondary N) is 1. The molecule has 126 valence electrons. The first-order valence-corrected chi connectivity index (χ1v) is 9.10. The molecule has 23 heavy (non-hydrogen) atoms. The molecule has 0 saturated heterocycles. The van der Waals surface area contributed by atoms with Gasteiger partial charge in [0, 0.05) is 32.0 Å². The maximum absolute atomic E-state index is 4.79. The summed E-state index contributed by atoms with van der Waals surface area (Å²) < 4.78 is 0.